The minimum Gasteiger partial charge on any atom is -0.480 e. The van der Waals surface area contributed by atoms with E-state index in [0.717, 1.165) is 18.6 Å². The molecule has 1 N–H and O–H groups in total. The third-order valence-electron chi connectivity index (χ3n) is 5.03. The molecule has 0 aromatic heterocycles. The summed E-state index contributed by atoms with van der Waals surface area (Å²) < 4.78 is 39.5. The van der Waals surface area contributed by atoms with Crippen LogP contribution in [0.15, 0.2) is 29.2 Å². The van der Waals surface area contributed by atoms with Crippen molar-refractivity contribution in [3.8, 4) is 0 Å². The summed E-state index contributed by atoms with van der Waals surface area (Å²) in [5.74, 6) is -1.62. The van der Waals surface area contributed by atoms with E-state index < -0.39 is 27.9 Å². The summed E-state index contributed by atoms with van der Waals surface area (Å²) in [6.07, 6.45) is 1.28. The summed E-state index contributed by atoms with van der Waals surface area (Å²) >= 11 is 0. The van der Waals surface area contributed by atoms with Gasteiger partial charge in [0, 0.05) is 26.2 Å². The van der Waals surface area contributed by atoms with Crippen molar-refractivity contribution in [3.05, 3.63) is 30.1 Å². The monoisotopic (exact) mass is 399 g/mol. The number of halogens is 1. The Morgan fingerprint density at radius 3 is 2.30 bits per heavy atom. The number of carbonyl (C=O) groups excluding carboxylic acids is 1. The molecule has 0 radical (unpaired) electrons. The number of carboxylic acids is 1. The lowest BCUT2D eigenvalue weighted by Crippen LogP contribution is -2.53. The molecule has 3 rings (SSSR count). The predicted octanol–water partition coefficient (Wildman–Crippen LogP) is 0.208. The average Bonchev–Trinajstić information content (AvgIpc) is 3.10. The summed E-state index contributed by atoms with van der Waals surface area (Å²) in [7, 11) is -3.73. The maximum atomic E-state index is 13.0. The molecule has 0 aliphatic carbocycles. The van der Waals surface area contributed by atoms with Crippen LogP contribution < -0.4 is 0 Å². The van der Waals surface area contributed by atoms with E-state index in [4.69, 9.17) is 0 Å². The van der Waals surface area contributed by atoms with E-state index in [1.54, 1.807) is 9.80 Å². The van der Waals surface area contributed by atoms with E-state index >= 15 is 0 Å². The fraction of sp³-hybridized carbons (Fsp3) is 0.529. The van der Waals surface area contributed by atoms with Gasteiger partial charge in [-0.25, -0.2) is 12.8 Å². The number of carboxylic acid groups (broad SMARTS) is 1. The summed E-state index contributed by atoms with van der Waals surface area (Å²) in [6.45, 7) is 1.38. The number of hydrogen-bond donors (Lipinski definition) is 1. The maximum Gasteiger partial charge on any atom is 0.320 e. The number of nitrogens with zero attached hydrogens (tertiary/aromatic N) is 3. The number of piperazine rings is 1. The van der Waals surface area contributed by atoms with Gasteiger partial charge < -0.3 is 10.0 Å². The Labute approximate surface area is 157 Å². The Balaban J connectivity index is 1.57. The molecule has 0 saturated carbocycles. The number of sulfonamides is 1. The highest BCUT2D eigenvalue weighted by atomic mass is 32.2. The van der Waals surface area contributed by atoms with Crippen LogP contribution in [0.4, 0.5) is 4.39 Å². The molecule has 8 nitrogen and oxygen atoms in total. The molecule has 2 aliphatic heterocycles. The molecule has 27 heavy (non-hydrogen) atoms. The summed E-state index contributed by atoms with van der Waals surface area (Å²) in [6, 6.07) is 4.01. The normalized spacial score (nSPS) is 22.1. The van der Waals surface area contributed by atoms with Gasteiger partial charge >= 0.3 is 5.97 Å². The van der Waals surface area contributed by atoms with Crippen molar-refractivity contribution in [2.24, 2.45) is 0 Å². The van der Waals surface area contributed by atoms with Crippen molar-refractivity contribution in [2.45, 2.75) is 23.8 Å². The largest absolute Gasteiger partial charge is 0.480 e. The average molecular weight is 399 g/mol. The molecule has 0 spiro atoms. The Morgan fingerprint density at radius 1 is 1.07 bits per heavy atom. The molecule has 1 aromatic carbocycles. The Bertz CT molecular complexity index is 806. The first-order chi connectivity index (χ1) is 12.8. The van der Waals surface area contributed by atoms with Gasteiger partial charge in [0.2, 0.25) is 15.9 Å². The quantitative estimate of drug-likeness (QED) is 0.760. The lowest BCUT2D eigenvalue weighted by atomic mass is 10.2. The molecule has 1 amide bonds. The number of aliphatic carboxylic acids is 1. The second kappa shape index (κ2) is 7.91. The van der Waals surface area contributed by atoms with Gasteiger partial charge in [-0.05, 0) is 43.7 Å². The lowest BCUT2D eigenvalue weighted by Gasteiger charge is -2.35. The third-order valence-corrected chi connectivity index (χ3v) is 6.94. The molecular weight excluding hydrogens is 377 g/mol. The van der Waals surface area contributed by atoms with Crippen LogP contribution >= 0.6 is 0 Å². The van der Waals surface area contributed by atoms with Crippen molar-refractivity contribution in [1.29, 1.82) is 0 Å². The number of hydrogen-bond acceptors (Lipinski definition) is 5. The fourth-order valence-corrected chi connectivity index (χ4v) is 4.92. The van der Waals surface area contributed by atoms with Crippen LogP contribution in [0.2, 0.25) is 0 Å². The second-order valence-corrected chi connectivity index (χ2v) is 8.64. The van der Waals surface area contributed by atoms with Gasteiger partial charge in [0.25, 0.3) is 0 Å². The number of carbonyl (C=O) groups is 2. The molecule has 2 fully saturated rings. The van der Waals surface area contributed by atoms with Gasteiger partial charge in [-0.1, -0.05) is 0 Å². The number of amides is 1. The van der Waals surface area contributed by atoms with Gasteiger partial charge in [-0.15, -0.1) is 0 Å². The molecule has 148 valence electrons. The molecule has 1 atom stereocenters. The molecule has 2 heterocycles. The highest BCUT2D eigenvalue weighted by molar-refractivity contribution is 7.89. The van der Waals surface area contributed by atoms with Crippen LogP contribution in [0.25, 0.3) is 0 Å². The van der Waals surface area contributed by atoms with E-state index in [2.05, 4.69) is 0 Å². The van der Waals surface area contributed by atoms with E-state index in [-0.39, 0.29) is 43.5 Å². The number of likely N-dealkylation sites (tertiary alicyclic amines) is 1. The van der Waals surface area contributed by atoms with Gasteiger partial charge in [-0.2, -0.15) is 4.31 Å². The van der Waals surface area contributed by atoms with Crippen LogP contribution in [0.1, 0.15) is 12.8 Å². The maximum absolute atomic E-state index is 13.0. The molecule has 10 heteroatoms. The topological polar surface area (TPSA) is 98.2 Å². The Morgan fingerprint density at radius 2 is 1.70 bits per heavy atom. The SMILES string of the molecule is O=C(O)C1CCCN1CC(=O)N1CCN(S(=O)(=O)c2ccc(F)cc2)CC1. The minimum atomic E-state index is -3.73. The first-order valence-electron chi connectivity index (χ1n) is 8.79. The summed E-state index contributed by atoms with van der Waals surface area (Å²) in [5.41, 5.74) is 0. The van der Waals surface area contributed by atoms with Crippen LogP contribution in [0.3, 0.4) is 0 Å². The number of rotatable bonds is 5. The van der Waals surface area contributed by atoms with Gasteiger partial charge in [-0.3, -0.25) is 14.5 Å². The van der Waals surface area contributed by atoms with Crippen molar-refractivity contribution < 1.29 is 27.5 Å². The smallest absolute Gasteiger partial charge is 0.320 e. The fourth-order valence-electron chi connectivity index (χ4n) is 3.50. The standard InChI is InChI=1S/C17H22FN3O5S/c18-13-3-5-14(6-4-13)27(25,26)21-10-8-19(9-11-21)16(22)12-20-7-1-2-15(20)17(23)24/h3-6,15H,1-2,7-12H2,(H,23,24). The highest BCUT2D eigenvalue weighted by Crippen LogP contribution is 2.20. The second-order valence-electron chi connectivity index (χ2n) is 6.71. The molecule has 2 aliphatic rings. The summed E-state index contributed by atoms with van der Waals surface area (Å²) in [5, 5.41) is 9.19. The van der Waals surface area contributed by atoms with E-state index in [1.165, 1.54) is 16.4 Å². The Kier molecular flexibility index (Phi) is 5.78. The van der Waals surface area contributed by atoms with Crippen molar-refractivity contribution in [1.82, 2.24) is 14.1 Å². The molecule has 1 unspecified atom stereocenters. The zero-order valence-electron chi connectivity index (χ0n) is 14.8. The first kappa shape index (κ1) is 19.7. The van der Waals surface area contributed by atoms with Crippen LogP contribution in [0.5, 0.6) is 0 Å². The van der Waals surface area contributed by atoms with Crippen molar-refractivity contribution in [3.63, 3.8) is 0 Å². The van der Waals surface area contributed by atoms with E-state index in [9.17, 15) is 27.5 Å². The highest BCUT2D eigenvalue weighted by Gasteiger charge is 2.34. The zero-order valence-corrected chi connectivity index (χ0v) is 15.6. The van der Waals surface area contributed by atoms with Gasteiger partial charge in [0.15, 0.2) is 0 Å². The molecular formula is C17H22FN3O5S. The Hall–Kier alpha value is -2.04. The zero-order chi connectivity index (χ0) is 19.6. The third kappa shape index (κ3) is 4.28. The predicted molar refractivity (Wildman–Crippen MR) is 94.0 cm³/mol. The first-order valence-corrected chi connectivity index (χ1v) is 10.2. The van der Waals surface area contributed by atoms with E-state index in [0.29, 0.717) is 13.0 Å². The van der Waals surface area contributed by atoms with Crippen molar-refractivity contribution in [2.75, 3.05) is 39.3 Å². The van der Waals surface area contributed by atoms with E-state index in [1.807, 2.05) is 0 Å². The number of benzene rings is 1. The van der Waals surface area contributed by atoms with Crippen molar-refractivity contribution >= 4 is 21.9 Å². The van der Waals surface area contributed by atoms with Gasteiger partial charge in [0.05, 0.1) is 11.4 Å². The van der Waals surface area contributed by atoms with Crippen LogP contribution in [-0.2, 0) is 19.6 Å². The molecule has 0 bridgehead atoms. The lowest BCUT2D eigenvalue weighted by molar-refractivity contribution is -0.143. The summed E-state index contributed by atoms with van der Waals surface area (Å²) in [4.78, 5) is 26.9. The van der Waals surface area contributed by atoms with Crippen LogP contribution in [-0.4, -0.2) is 84.8 Å². The van der Waals surface area contributed by atoms with Gasteiger partial charge in [0.1, 0.15) is 11.9 Å². The molecule has 1 aromatic rings. The van der Waals surface area contributed by atoms with Crippen LogP contribution in [0, 0.1) is 5.82 Å². The molecule has 2 saturated heterocycles. The minimum absolute atomic E-state index is 0.0186.